The second-order valence-electron chi connectivity index (χ2n) is 3.82. The Morgan fingerprint density at radius 2 is 2.20 bits per heavy atom. The molecule has 0 aromatic carbocycles. The lowest BCUT2D eigenvalue weighted by Crippen LogP contribution is -2.42. The maximum absolute atomic E-state index is 12.0. The number of carbonyl (C=O) groups excluding carboxylic acids is 1. The van der Waals surface area contributed by atoms with Crippen LogP contribution in [-0.4, -0.2) is 39.5 Å². The van der Waals surface area contributed by atoms with Gasteiger partial charge >= 0.3 is 0 Å². The second-order valence-corrected chi connectivity index (χ2v) is 4.57. The summed E-state index contributed by atoms with van der Waals surface area (Å²) in [6, 6.07) is 0.245. The Labute approximate surface area is 92.4 Å². The van der Waals surface area contributed by atoms with Crippen LogP contribution in [0, 0.1) is 6.92 Å². The van der Waals surface area contributed by atoms with Gasteiger partial charge in [-0.1, -0.05) is 4.49 Å². The normalized spacial score (nSPS) is 18.1. The lowest BCUT2D eigenvalue weighted by atomic mass is 10.1. The van der Waals surface area contributed by atoms with Crippen molar-refractivity contribution in [3.05, 3.63) is 10.6 Å². The number of carbonyl (C=O) groups is 1. The Morgan fingerprint density at radius 1 is 1.53 bits per heavy atom. The lowest BCUT2D eigenvalue weighted by molar-refractivity contribution is 0.0718. The molecule has 1 aromatic rings. The zero-order chi connectivity index (χ0) is 10.8. The van der Waals surface area contributed by atoms with Gasteiger partial charge in [-0.05, 0) is 31.3 Å². The highest BCUT2D eigenvalue weighted by Crippen LogP contribution is 2.16. The molecule has 1 aliphatic heterocycles. The number of hydrogen-bond acceptors (Lipinski definition) is 5. The van der Waals surface area contributed by atoms with Gasteiger partial charge in [-0.15, -0.1) is 5.10 Å². The first kappa shape index (κ1) is 10.5. The van der Waals surface area contributed by atoms with Gasteiger partial charge in [-0.3, -0.25) is 4.79 Å². The number of rotatable bonds is 1. The van der Waals surface area contributed by atoms with E-state index >= 15 is 0 Å². The fourth-order valence-electron chi connectivity index (χ4n) is 1.67. The van der Waals surface area contributed by atoms with Gasteiger partial charge in [0.25, 0.3) is 5.91 Å². The Morgan fingerprint density at radius 3 is 2.73 bits per heavy atom. The second kappa shape index (κ2) is 4.24. The molecule has 0 saturated carbocycles. The first-order valence-corrected chi connectivity index (χ1v) is 5.79. The molecule has 0 unspecified atom stereocenters. The van der Waals surface area contributed by atoms with Crippen LogP contribution in [0.4, 0.5) is 0 Å². The standard InChI is InChI=1S/C9H14N4OS/c1-6-8(15-12-11-6)9(14)13-4-2-7(10)3-5-13/h7H,2-5,10H2,1H3. The van der Waals surface area contributed by atoms with Crippen molar-refractivity contribution in [1.82, 2.24) is 14.5 Å². The number of aromatic nitrogens is 2. The predicted octanol–water partition coefficient (Wildman–Crippen LogP) is 0.410. The number of aryl methyl sites for hydroxylation is 1. The summed E-state index contributed by atoms with van der Waals surface area (Å²) in [5, 5.41) is 3.84. The van der Waals surface area contributed by atoms with E-state index in [0.717, 1.165) is 31.6 Å². The molecule has 1 saturated heterocycles. The molecule has 1 fully saturated rings. The van der Waals surface area contributed by atoms with Gasteiger partial charge in [0.1, 0.15) is 4.88 Å². The summed E-state index contributed by atoms with van der Waals surface area (Å²) in [5.74, 6) is 0.0504. The van der Waals surface area contributed by atoms with Crippen LogP contribution in [-0.2, 0) is 0 Å². The minimum Gasteiger partial charge on any atom is -0.338 e. The highest BCUT2D eigenvalue weighted by molar-refractivity contribution is 7.07. The zero-order valence-electron chi connectivity index (χ0n) is 8.64. The van der Waals surface area contributed by atoms with Crippen LogP contribution >= 0.6 is 11.5 Å². The van der Waals surface area contributed by atoms with E-state index in [1.807, 2.05) is 11.8 Å². The van der Waals surface area contributed by atoms with E-state index in [1.165, 1.54) is 11.5 Å². The van der Waals surface area contributed by atoms with Crippen molar-refractivity contribution in [2.75, 3.05) is 13.1 Å². The van der Waals surface area contributed by atoms with Crippen molar-refractivity contribution in [3.63, 3.8) is 0 Å². The van der Waals surface area contributed by atoms with E-state index in [2.05, 4.69) is 9.59 Å². The highest BCUT2D eigenvalue weighted by Gasteiger charge is 2.24. The zero-order valence-corrected chi connectivity index (χ0v) is 9.46. The predicted molar refractivity (Wildman–Crippen MR) is 57.8 cm³/mol. The average molecular weight is 226 g/mol. The summed E-state index contributed by atoms with van der Waals surface area (Å²) in [5.41, 5.74) is 6.51. The van der Waals surface area contributed by atoms with E-state index in [1.54, 1.807) is 0 Å². The fraction of sp³-hybridized carbons (Fsp3) is 0.667. The van der Waals surface area contributed by atoms with Gasteiger partial charge in [0.05, 0.1) is 5.69 Å². The summed E-state index contributed by atoms with van der Waals surface area (Å²) in [6.45, 7) is 3.31. The van der Waals surface area contributed by atoms with Crippen LogP contribution in [0.5, 0.6) is 0 Å². The van der Waals surface area contributed by atoms with Crippen molar-refractivity contribution in [1.29, 1.82) is 0 Å². The summed E-state index contributed by atoms with van der Waals surface area (Å²) >= 11 is 1.17. The van der Waals surface area contributed by atoms with E-state index < -0.39 is 0 Å². The molecule has 1 aromatic heterocycles. The molecule has 1 amide bonds. The summed E-state index contributed by atoms with van der Waals surface area (Å²) in [6.07, 6.45) is 1.77. The number of nitrogens with zero attached hydrogens (tertiary/aromatic N) is 3. The van der Waals surface area contributed by atoms with Crippen LogP contribution in [0.2, 0.25) is 0 Å². The lowest BCUT2D eigenvalue weighted by Gasteiger charge is -2.29. The topological polar surface area (TPSA) is 72.1 Å². The fourth-order valence-corrected chi connectivity index (χ4v) is 2.30. The van der Waals surface area contributed by atoms with E-state index in [-0.39, 0.29) is 11.9 Å². The van der Waals surface area contributed by atoms with Crippen molar-refractivity contribution < 1.29 is 4.79 Å². The Bertz CT molecular complexity index is 357. The monoisotopic (exact) mass is 226 g/mol. The van der Waals surface area contributed by atoms with Gasteiger partial charge in [0.15, 0.2) is 0 Å². The first-order chi connectivity index (χ1) is 7.18. The van der Waals surface area contributed by atoms with Crippen molar-refractivity contribution >= 4 is 17.4 Å². The quantitative estimate of drug-likeness (QED) is 0.753. The number of piperidine rings is 1. The SMILES string of the molecule is Cc1nnsc1C(=O)N1CCC(N)CC1. The average Bonchev–Trinajstić information content (AvgIpc) is 2.65. The number of likely N-dealkylation sites (tertiary alicyclic amines) is 1. The maximum Gasteiger partial charge on any atom is 0.267 e. The van der Waals surface area contributed by atoms with Crippen molar-refractivity contribution in [2.45, 2.75) is 25.8 Å². The van der Waals surface area contributed by atoms with Crippen LogP contribution < -0.4 is 5.73 Å². The molecule has 15 heavy (non-hydrogen) atoms. The van der Waals surface area contributed by atoms with E-state index in [4.69, 9.17) is 5.73 Å². The number of hydrogen-bond donors (Lipinski definition) is 1. The van der Waals surface area contributed by atoms with Crippen LogP contribution in [0.3, 0.4) is 0 Å². The van der Waals surface area contributed by atoms with E-state index in [0.29, 0.717) is 4.88 Å². The third-order valence-corrected chi connectivity index (χ3v) is 3.49. The number of nitrogens with two attached hydrogens (primary N) is 1. The molecule has 0 spiro atoms. The maximum atomic E-state index is 12.0. The van der Waals surface area contributed by atoms with Crippen molar-refractivity contribution in [2.24, 2.45) is 5.73 Å². The molecule has 0 bridgehead atoms. The third-order valence-electron chi connectivity index (χ3n) is 2.67. The molecule has 2 rings (SSSR count). The van der Waals surface area contributed by atoms with Crippen molar-refractivity contribution in [3.8, 4) is 0 Å². The molecule has 2 N–H and O–H groups in total. The minimum atomic E-state index is 0.0504. The van der Waals surface area contributed by atoms with E-state index in [9.17, 15) is 4.79 Å². The Hall–Kier alpha value is -1.01. The molecule has 6 heteroatoms. The molecule has 5 nitrogen and oxygen atoms in total. The van der Waals surface area contributed by atoms with Gasteiger partial charge in [-0.2, -0.15) is 0 Å². The molecule has 2 heterocycles. The van der Waals surface area contributed by atoms with Gasteiger partial charge < -0.3 is 10.6 Å². The summed E-state index contributed by atoms with van der Waals surface area (Å²) in [7, 11) is 0. The smallest absolute Gasteiger partial charge is 0.267 e. The first-order valence-electron chi connectivity index (χ1n) is 5.02. The molecular formula is C9H14N4OS. The Balaban J connectivity index is 2.06. The van der Waals surface area contributed by atoms with Crippen LogP contribution in [0.1, 0.15) is 28.2 Å². The molecule has 82 valence electrons. The minimum absolute atomic E-state index is 0.0504. The Kier molecular flexibility index (Phi) is 2.97. The largest absolute Gasteiger partial charge is 0.338 e. The molecule has 0 aliphatic carbocycles. The summed E-state index contributed by atoms with van der Waals surface area (Å²) < 4.78 is 3.77. The molecule has 0 atom stereocenters. The molecule has 0 radical (unpaired) electrons. The third kappa shape index (κ3) is 2.15. The van der Waals surface area contributed by atoms with Gasteiger partial charge in [-0.25, -0.2) is 0 Å². The van der Waals surface area contributed by atoms with Gasteiger partial charge in [0, 0.05) is 19.1 Å². The highest BCUT2D eigenvalue weighted by atomic mass is 32.1. The summed E-state index contributed by atoms with van der Waals surface area (Å²) in [4.78, 5) is 14.5. The number of amides is 1. The van der Waals surface area contributed by atoms with Crippen LogP contribution in [0.15, 0.2) is 0 Å². The van der Waals surface area contributed by atoms with Gasteiger partial charge in [0.2, 0.25) is 0 Å². The molecular weight excluding hydrogens is 212 g/mol. The molecule has 1 aliphatic rings. The van der Waals surface area contributed by atoms with Crippen LogP contribution in [0.25, 0.3) is 0 Å².